The van der Waals surface area contributed by atoms with E-state index in [0.29, 0.717) is 10.0 Å². The van der Waals surface area contributed by atoms with Gasteiger partial charge in [-0.2, -0.15) is 5.10 Å². The van der Waals surface area contributed by atoms with Crippen LogP contribution in [0, 0.1) is 0 Å². The first-order valence-corrected chi connectivity index (χ1v) is 8.35. The largest absolute Gasteiger partial charge is 0.313 e. The summed E-state index contributed by atoms with van der Waals surface area (Å²) in [5, 5.41) is 9.18. The highest BCUT2D eigenvalue weighted by molar-refractivity contribution is 9.10. The Hall–Kier alpha value is -0.550. The fourth-order valence-electron chi connectivity index (χ4n) is 2.43. The number of rotatable bonds is 5. The molecule has 1 heterocycles. The van der Waals surface area contributed by atoms with Gasteiger partial charge in [0, 0.05) is 35.1 Å². The van der Waals surface area contributed by atoms with Crippen LogP contribution in [0.15, 0.2) is 22.7 Å². The Morgan fingerprint density at radius 2 is 1.95 bits per heavy atom. The van der Waals surface area contributed by atoms with Crippen molar-refractivity contribution >= 4 is 39.1 Å². The zero-order chi connectivity index (χ0) is 15.6. The van der Waals surface area contributed by atoms with Crippen LogP contribution < -0.4 is 5.32 Å². The Labute approximate surface area is 143 Å². The van der Waals surface area contributed by atoms with Crippen molar-refractivity contribution in [2.45, 2.75) is 25.8 Å². The van der Waals surface area contributed by atoms with Crippen molar-refractivity contribution in [1.82, 2.24) is 15.1 Å². The van der Waals surface area contributed by atoms with E-state index in [0.717, 1.165) is 34.3 Å². The first kappa shape index (κ1) is 16.8. The third kappa shape index (κ3) is 3.45. The molecule has 0 bridgehead atoms. The van der Waals surface area contributed by atoms with Crippen molar-refractivity contribution in [2.24, 2.45) is 7.05 Å². The van der Waals surface area contributed by atoms with E-state index >= 15 is 0 Å². The van der Waals surface area contributed by atoms with Gasteiger partial charge in [0.2, 0.25) is 0 Å². The lowest BCUT2D eigenvalue weighted by Crippen LogP contribution is -2.21. The molecule has 1 N–H and O–H groups in total. The second-order valence-corrected chi connectivity index (χ2v) is 6.47. The lowest BCUT2D eigenvalue weighted by Gasteiger charge is -2.19. The van der Waals surface area contributed by atoms with Crippen molar-refractivity contribution in [3.05, 3.63) is 49.7 Å². The van der Waals surface area contributed by atoms with Crippen LogP contribution in [0.25, 0.3) is 0 Å². The molecule has 0 aliphatic carbocycles. The Balaban J connectivity index is 2.38. The van der Waals surface area contributed by atoms with Crippen LogP contribution in [-0.4, -0.2) is 16.8 Å². The molecule has 114 valence electrons. The molecule has 1 atom stereocenters. The molecule has 0 fully saturated rings. The molecule has 0 saturated heterocycles. The van der Waals surface area contributed by atoms with Crippen LogP contribution in [0.5, 0.6) is 0 Å². The lowest BCUT2D eigenvalue weighted by atomic mass is 10.0. The molecule has 2 rings (SSSR count). The fraction of sp³-hybridized carbons (Fsp3) is 0.400. The maximum absolute atomic E-state index is 6.32. The summed E-state index contributed by atoms with van der Waals surface area (Å²) in [6, 6.07) is 5.62. The standard InChI is InChI=1S/C15H18BrCl2N3/c1-4-11-15(16)13(21(3)20-11)8-12(19-2)14-9(17)6-5-7-10(14)18/h5-7,12,19H,4,8H2,1-3H3. The maximum Gasteiger partial charge on any atom is 0.0766 e. The van der Waals surface area contributed by atoms with Crippen LogP contribution in [0.4, 0.5) is 0 Å². The first-order valence-electron chi connectivity index (χ1n) is 6.81. The number of hydrogen-bond donors (Lipinski definition) is 1. The number of hydrogen-bond acceptors (Lipinski definition) is 2. The predicted molar refractivity (Wildman–Crippen MR) is 92.3 cm³/mol. The smallest absolute Gasteiger partial charge is 0.0766 e. The van der Waals surface area contributed by atoms with Crippen molar-refractivity contribution < 1.29 is 0 Å². The van der Waals surface area contributed by atoms with Crippen LogP contribution in [0.1, 0.15) is 29.9 Å². The summed E-state index contributed by atoms with van der Waals surface area (Å²) < 4.78 is 2.98. The molecule has 1 aromatic heterocycles. The minimum atomic E-state index is 0.0302. The third-order valence-corrected chi connectivity index (χ3v) is 5.17. The van der Waals surface area contributed by atoms with Crippen molar-refractivity contribution in [3.8, 4) is 0 Å². The second-order valence-electron chi connectivity index (χ2n) is 4.87. The highest BCUT2D eigenvalue weighted by Crippen LogP contribution is 2.33. The van der Waals surface area contributed by atoms with E-state index in [1.54, 1.807) is 0 Å². The van der Waals surface area contributed by atoms with Crippen LogP contribution in [0.2, 0.25) is 10.0 Å². The summed E-state index contributed by atoms with van der Waals surface area (Å²) in [7, 11) is 3.87. The van der Waals surface area contributed by atoms with E-state index < -0.39 is 0 Å². The van der Waals surface area contributed by atoms with E-state index in [4.69, 9.17) is 23.2 Å². The van der Waals surface area contributed by atoms with Gasteiger partial charge in [0.1, 0.15) is 0 Å². The first-order chi connectivity index (χ1) is 9.99. The molecule has 3 nitrogen and oxygen atoms in total. The highest BCUT2D eigenvalue weighted by Gasteiger charge is 2.21. The fourth-order valence-corrected chi connectivity index (χ4v) is 3.87. The number of nitrogens with zero attached hydrogens (tertiary/aromatic N) is 2. The van der Waals surface area contributed by atoms with Gasteiger partial charge in [-0.25, -0.2) is 0 Å². The van der Waals surface area contributed by atoms with Gasteiger partial charge in [-0.15, -0.1) is 0 Å². The van der Waals surface area contributed by atoms with Crippen molar-refractivity contribution in [1.29, 1.82) is 0 Å². The Bertz CT molecular complexity index is 620. The summed E-state index contributed by atoms with van der Waals surface area (Å²) in [6.07, 6.45) is 1.65. The maximum atomic E-state index is 6.32. The highest BCUT2D eigenvalue weighted by atomic mass is 79.9. The zero-order valence-electron chi connectivity index (χ0n) is 12.3. The number of likely N-dealkylation sites (N-methyl/N-ethyl adjacent to an activating group) is 1. The number of aryl methyl sites for hydroxylation is 2. The van der Waals surface area contributed by atoms with E-state index in [1.807, 2.05) is 37.0 Å². The molecular weight excluding hydrogens is 373 g/mol. The molecule has 6 heteroatoms. The normalized spacial score (nSPS) is 12.7. The van der Waals surface area contributed by atoms with Crippen molar-refractivity contribution in [2.75, 3.05) is 7.05 Å². The second kappa shape index (κ2) is 7.14. The van der Waals surface area contributed by atoms with Crippen LogP contribution >= 0.6 is 39.1 Å². The van der Waals surface area contributed by atoms with Crippen LogP contribution in [0.3, 0.4) is 0 Å². The Kier molecular flexibility index (Phi) is 5.72. The van der Waals surface area contributed by atoms with Gasteiger partial charge in [0.25, 0.3) is 0 Å². The third-order valence-electron chi connectivity index (χ3n) is 3.60. The van der Waals surface area contributed by atoms with E-state index in [-0.39, 0.29) is 6.04 Å². The van der Waals surface area contributed by atoms with Gasteiger partial charge in [0.15, 0.2) is 0 Å². The molecule has 0 aliphatic rings. The summed E-state index contributed by atoms with van der Waals surface area (Å²) in [6.45, 7) is 2.09. The molecule has 0 amide bonds. The molecule has 1 aromatic carbocycles. The van der Waals surface area contributed by atoms with Gasteiger partial charge in [-0.1, -0.05) is 36.2 Å². The van der Waals surface area contributed by atoms with Gasteiger partial charge in [-0.05, 0) is 41.5 Å². The van der Waals surface area contributed by atoms with E-state index in [9.17, 15) is 0 Å². The zero-order valence-corrected chi connectivity index (χ0v) is 15.3. The number of aromatic nitrogens is 2. The lowest BCUT2D eigenvalue weighted by molar-refractivity contribution is 0.560. The van der Waals surface area contributed by atoms with Gasteiger partial charge in [0.05, 0.1) is 15.9 Å². The molecule has 0 spiro atoms. The molecule has 0 saturated carbocycles. The Morgan fingerprint density at radius 3 is 2.43 bits per heavy atom. The van der Waals surface area contributed by atoms with Gasteiger partial charge >= 0.3 is 0 Å². The quantitative estimate of drug-likeness (QED) is 0.811. The summed E-state index contributed by atoms with van der Waals surface area (Å²) >= 11 is 16.3. The van der Waals surface area contributed by atoms with Crippen molar-refractivity contribution in [3.63, 3.8) is 0 Å². The molecule has 21 heavy (non-hydrogen) atoms. The number of benzene rings is 1. The van der Waals surface area contributed by atoms with Gasteiger partial charge < -0.3 is 5.32 Å². The number of halogens is 3. The summed E-state index contributed by atoms with van der Waals surface area (Å²) in [5.74, 6) is 0. The minimum absolute atomic E-state index is 0.0302. The predicted octanol–water partition coefficient (Wildman–Crippen LogP) is 4.56. The topological polar surface area (TPSA) is 29.9 Å². The molecule has 0 aliphatic heterocycles. The minimum Gasteiger partial charge on any atom is -0.313 e. The molecular formula is C15H18BrCl2N3. The average molecular weight is 391 g/mol. The summed E-state index contributed by atoms with van der Waals surface area (Å²) in [5.41, 5.74) is 3.12. The molecule has 1 unspecified atom stereocenters. The SMILES string of the molecule is CCc1nn(C)c(CC(NC)c2c(Cl)cccc2Cl)c1Br. The van der Waals surface area contributed by atoms with E-state index in [2.05, 4.69) is 33.3 Å². The van der Waals surface area contributed by atoms with Gasteiger partial charge in [-0.3, -0.25) is 4.68 Å². The monoisotopic (exact) mass is 389 g/mol. The van der Waals surface area contributed by atoms with Crippen LogP contribution in [-0.2, 0) is 19.9 Å². The average Bonchev–Trinajstić information content (AvgIpc) is 2.72. The van der Waals surface area contributed by atoms with E-state index in [1.165, 1.54) is 0 Å². The number of nitrogens with one attached hydrogen (secondary N) is 1. The Morgan fingerprint density at radius 1 is 1.33 bits per heavy atom. The molecule has 0 radical (unpaired) electrons. The molecule has 2 aromatic rings. The summed E-state index contributed by atoms with van der Waals surface area (Å²) in [4.78, 5) is 0.